The van der Waals surface area contributed by atoms with Crippen molar-refractivity contribution in [3.63, 3.8) is 0 Å². The van der Waals surface area contributed by atoms with Crippen LogP contribution < -0.4 is 4.90 Å². The van der Waals surface area contributed by atoms with Crippen molar-refractivity contribution in [1.29, 1.82) is 0 Å². The predicted octanol–water partition coefficient (Wildman–Crippen LogP) is 16.3. The average molecular weight is 786 g/mol. The summed E-state index contributed by atoms with van der Waals surface area (Å²) in [5.74, 6) is 0. The molecule has 11 aromatic rings. The molecule has 0 radical (unpaired) electrons. The summed E-state index contributed by atoms with van der Waals surface area (Å²) in [6.07, 6.45) is 0. The van der Waals surface area contributed by atoms with Gasteiger partial charge in [0, 0.05) is 17.1 Å². The molecule has 0 aromatic heterocycles. The van der Waals surface area contributed by atoms with Gasteiger partial charge >= 0.3 is 0 Å². The standard InChI is InChI=1S/C61H39N/c1-2-15-40(16-3-1)41-29-32-44(33-30-41)62(45-18-14-17-42(37-45)43-31-35-51-49-21-5-4-19-47(49)48-20-6-7-22-50(48)56(51)38-43)46-34-36-55-54-25-10-13-28-59(54)61(60(55)39-46)57-26-11-8-23-52(57)53-24-9-12-27-58(53)61/h1-39H. The van der Waals surface area contributed by atoms with E-state index in [4.69, 9.17) is 0 Å². The van der Waals surface area contributed by atoms with Gasteiger partial charge in [-0.3, -0.25) is 0 Å². The molecule has 2 aliphatic rings. The highest BCUT2D eigenvalue weighted by Crippen LogP contribution is 2.63. The second kappa shape index (κ2) is 13.5. The maximum atomic E-state index is 2.49. The Morgan fingerprint density at radius 2 is 0.645 bits per heavy atom. The Balaban J connectivity index is 1.02. The summed E-state index contributed by atoms with van der Waals surface area (Å²) in [6, 6.07) is 87.8. The number of hydrogen-bond acceptors (Lipinski definition) is 1. The molecule has 0 unspecified atom stereocenters. The van der Waals surface area contributed by atoms with Crippen LogP contribution in [0.2, 0.25) is 0 Å². The molecule has 0 amide bonds. The van der Waals surface area contributed by atoms with E-state index in [1.165, 1.54) is 99.1 Å². The van der Waals surface area contributed by atoms with Crippen LogP contribution in [0.4, 0.5) is 17.1 Å². The van der Waals surface area contributed by atoms with Crippen LogP contribution in [0.5, 0.6) is 0 Å². The molecule has 1 heteroatoms. The fraction of sp³-hybridized carbons (Fsp3) is 0.0164. The molecule has 0 aliphatic heterocycles. The van der Waals surface area contributed by atoms with Gasteiger partial charge < -0.3 is 4.90 Å². The number of rotatable bonds is 5. The molecule has 62 heavy (non-hydrogen) atoms. The number of anilines is 3. The monoisotopic (exact) mass is 785 g/mol. The first kappa shape index (κ1) is 34.8. The van der Waals surface area contributed by atoms with Crippen molar-refractivity contribution in [1.82, 2.24) is 0 Å². The lowest BCUT2D eigenvalue weighted by Gasteiger charge is -2.32. The molecule has 1 spiro atoms. The molecule has 0 fully saturated rings. The van der Waals surface area contributed by atoms with E-state index in [9.17, 15) is 0 Å². The smallest absolute Gasteiger partial charge is 0.0726 e. The normalized spacial score (nSPS) is 13.0. The highest BCUT2D eigenvalue weighted by Gasteiger charge is 2.51. The third kappa shape index (κ3) is 4.97. The quantitative estimate of drug-likeness (QED) is 0.157. The van der Waals surface area contributed by atoms with E-state index >= 15 is 0 Å². The molecule has 0 saturated heterocycles. The Labute approximate surface area is 361 Å². The summed E-state index contributed by atoms with van der Waals surface area (Å²) in [4.78, 5) is 2.45. The van der Waals surface area contributed by atoms with E-state index in [0.717, 1.165) is 17.1 Å². The number of fused-ring (bicyclic) bond motifs is 16. The maximum Gasteiger partial charge on any atom is 0.0726 e. The number of hydrogen-bond donors (Lipinski definition) is 0. The second-order valence-electron chi connectivity index (χ2n) is 16.8. The summed E-state index contributed by atoms with van der Waals surface area (Å²) in [5.41, 5.74) is 18.3. The van der Waals surface area contributed by atoms with Crippen LogP contribution in [0, 0.1) is 0 Å². The van der Waals surface area contributed by atoms with E-state index < -0.39 is 5.41 Å². The van der Waals surface area contributed by atoms with Gasteiger partial charge in [0.25, 0.3) is 0 Å². The first-order valence-electron chi connectivity index (χ1n) is 21.6. The van der Waals surface area contributed by atoms with Crippen molar-refractivity contribution >= 4 is 49.4 Å². The lowest BCUT2D eigenvalue weighted by molar-refractivity contribution is 0.793. The first-order valence-corrected chi connectivity index (χ1v) is 21.6. The fourth-order valence-corrected chi connectivity index (χ4v) is 11.0. The minimum atomic E-state index is -0.433. The molecule has 0 N–H and O–H groups in total. The highest BCUT2D eigenvalue weighted by atomic mass is 15.1. The Bertz CT molecular complexity index is 3480. The van der Waals surface area contributed by atoms with E-state index in [1.807, 2.05) is 0 Å². The lowest BCUT2D eigenvalue weighted by Crippen LogP contribution is -2.26. The van der Waals surface area contributed by atoms with Crippen LogP contribution in [0.3, 0.4) is 0 Å². The number of benzene rings is 11. The van der Waals surface area contributed by atoms with Gasteiger partial charge in [-0.15, -0.1) is 0 Å². The van der Waals surface area contributed by atoms with Crippen molar-refractivity contribution in [3.05, 3.63) is 259 Å². The Kier molecular flexibility index (Phi) is 7.59. The van der Waals surface area contributed by atoms with Crippen LogP contribution >= 0.6 is 0 Å². The fourth-order valence-electron chi connectivity index (χ4n) is 11.0. The van der Waals surface area contributed by atoms with Gasteiger partial charge in [-0.1, -0.05) is 194 Å². The van der Waals surface area contributed by atoms with Crippen LogP contribution in [0.25, 0.3) is 76.8 Å². The van der Waals surface area contributed by atoms with Crippen molar-refractivity contribution in [2.24, 2.45) is 0 Å². The first-order chi connectivity index (χ1) is 30.8. The Morgan fingerprint density at radius 1 is 0.226 bits per heavy atom. The molecule has 11 aromatic carbocycles. The topological polar surface area (TPSA) is 3.24 Å². The summed E-state index contributed by atoms with van der Waals surface area (Å²) in [5, 5.41) is 7.70. The van der Waals surface area contributed by atoms with Gasteiger partial charge in [0.1, 0.15) is 0 Å². The van der Waals surface area contributed by atoms with Gasteiger partial charge in [0.15, 0.2) is 0 Å². The van der Waals surface area contributed by atoms with Gasteiger partial charge in [0.05, 0.1) is 5.41 Å². The molecule has 288 valence electrons. The third-order valence-electron chi connectivity index (χ3n) is 13.7. The SMILES string of the molecule is c1ccc(-c2ccc(N(c3cccc(-c4ccc5c6ccccc6c6ccccc6c5c4)c3)c3ccc4c(c3)C3(c5ccccc5-c5ccccc53)c3ccccc3-4)cc2)cc1. The van der Waals surface area contributed by atoms with Crippen LogP contribution in [-0.4, -0.2) is 0 Å². The molecule has 0 saturated carbocycles. The number of nitrogens with zero attached hydrogens (tertiary/aromatic N) is 1. The van der Waals surface area contributed by atoms with E-state index in [2.05, 4.69) is 241 Å². The highest BCUT2D eigenvalue weighted by molar-refractivity contribution is 6.25. The van der Waals surface area contributed by atoms with Gasteiger partial charge in [-0.2, -0.15) is 0 Å². The molecule has 1 nitrogen and oxygen atoms in total. The minimum Gasteiger partial charge on any atom is -0.310 e. The van der Waals surface area contributed by atoms with E-state index in [0.29, 0.717) is 0 Å². The van der Waals surface area contributed by atoms with Crippen LogP contribution in [0.1, 0.15) is 22.3 Å². The average Bonchev–Trinajstić information content (AvgIpc) is 3.82. The molecule has 0 atom stereocenters. The minimum absolute atomic E-state index is 0.433. The van der Waals surface area contributed by atoms with Crippen molar-refractivity contribution in [2.45, 2.75) is 5.41 Å². The molecule has 0 heterocycles. The lowest BCUT2D eigenvalue weighted by atomic mass is 9.70. The van der Waals surface area contributed by atoms with Crippen LogP contribution in [-0.2, 0) is 5.41 Å². The Hall–Kier alpha value is -8.00. The summed E-state index contributed by atoms with van der Waals surface area (Å²) in [6.45, 7) is 0. The summed E-state index contributed by atoms with van der Waals surface area (Å²) in [7, 11) is 0. The summed E-state index contributed by atoms with van der Waals surface area (Å²) >= 11 is 0. The second-order valence-corrected chi connectivity index (χ2v) is 16.8. The molecule has 2 aliphatic carbocycles. The summed E-state index contributed by atoms with van der Waals surface area (Å²) < 4.78 is 0. The zero-order chi connectivity index (χ0) is 40.8. The predicted molar refractivity (Wildman–Crippen MR) is 261 cm³/mol. The van der Waals surface area contributed by atoms with E-state index in [1.54, 1.807) is 0 Å². The van der Waals surface area contributed by atoms with Gasteiger partial charge in [-0.05, 0) is 142 Å². The van der Waals surface area contributed by atoms with Crippen molar-refractivity contribution in [2.75, 3.05) is 4.90 Å². The van der Waals surface area contributed by atoms with Crippen LogP contribution in [0.15, 0.2) is 237 Å². The van der Waals surface area contributed by atoms with Gasteiger partial charge in [0.2, 0.25) is 0 Å². The maximum absolute atomic E-state index is 2.49. The van der Waals surface area contributed by atoms with E-state index in [-0.39, 0.29) is 0 Å². The largest absolute Gasteiger partial charge is 0.310 e. The molecular formula is C61H39N. The van der Waals surface area contributed by atoms with Gasteiger partial charge in [-0.25, -0.2) is 0 Å². The molecular weight excluding hydrogens is 747 g/mol. The Morgan fingerprint density at radius 3 is 1.26 bits per heavy atom. The third-order valence-corrected chi connectivity index (χ3v) is 13.7. The zero-order valence-corrected chi connectivity index (χ0v) is 34.0. The molecule has 13 rings (SSSR count). The molecule has 0 bridgehead atoms. The van der Waals surface area contributed by atoms with Crippen molar-refractivity contribution < 1.29 is 0 Å². The zero-order valence-electron chi connectivity index (χ0n) is 34.0. The van der Waals surface area contributed by atoms with Crippen molar-refractivity contribution in [3.8, 4) is 44.5 Å².